The fraction of sp³-hybridized carbons (Fsp3) is 0.318. The van der Waals surface area contributed by atoms with E-state index >= 15 is 0 Å². The lowest BCUT2D eigenvalue weighted by Gasteiger charge is -2.36. The van der Waals surface area contributed by atoms with Gasteiger partial charge in [0.1, 0.15) is 0 Å². The molecular formula is C22H26N4S. The van der Waals surface area contributed by atoms with Gasteiger partial charge in [0, 0.05) is 56.9 Å². The Labute approximate surface area is 165 Å². The van der Waals surface area contributed by atoms with E-state index in [-0.39, 0.29) is 0 Å². The maximum Gasteiger partial charge on any atom is 0.0795 e. The van der Waals surface area contributed by atoms with E-state index in [0.717, 1.165) is 51.5 Å². The molecule has 0 atom stereocenters. The van der Waals surface area contributed by atoms with Gasteiger partial charge in [-0.3, -0.25) is 4.90 Å². The summed E-state index contributed by atoms with van der Waals surface area (Å²) < 4.78 is 0. The molecule has 0 unspecified atom stereocenters. The van der Waals surface area contributed by atoms with Gasteiger partial charge in [0.05, 0.1) is 11.2 Å². The van der Waals surface area contributed by atoms with Gasteiger partial charge in [0.15, 0.2) is 0 Å². The van der Waals surface area contributed by atoms with Crippen molar-refractivity contribution in [2.75, 3.05) is 31.1 Å². The topological polar surface area (TPSA) is 31.4 Å². The quantitative estimate of drug-likeness (QED) is 0.678. The summed E-state index contributed by atoms with van der Waals surface area (Å²) in [5, 5.41) is 5.63. The standard InChI is InChI=1S/C22H26N4S/c1-2-8-22(9-3-1)26-12-10-25(11-13-26)16-20-7-5-4-6-19(20)14-23-15-21-17-27-18-24-21/h1-9,17-18,23H,10-16H2. The van der Waals surface area contributed by atoms with Crippen molar-refractivity contribution in [2.45, 2.75) is 19.6 Å². The minimum Gasteiger partial charge on any atom is -0.369 e. The van der Waals surface area contributed by atoms with E-state index in [9.17, 15) is 0 Å². The number of rotatable bonds is 7. The zero-order valence-electron chi connectivity index (χ0n) is 15.6. The number of piperazine rings is 1. The highest BCUT2D eigenvalue weighted by molar-refractivity contribution is 7.07. The molecule has 0 radical (unpaired) electrons. The van der Waals surface area contributed by atoms with Crippen molar-refractivity contribution in [1.29, 1.82) is 0 Å². The van der Waals surface area contributed by atoms with E-state index in [0.29, 0.717) is 0 Å². The Balaban J connectivity index is 1.31. The van der Waals surface area contributed by atoms with Crippen LogP contribution in [-0.2, 0) is 19.6 Å². The third kappa shape index (κ3) is 4.95. The molecule has 4 rings (SSSR count). The molecule has 2 aromatic carbocycles. The molecule has 1 N–H and O–H groups in total. The first-order chi connectivity index (χ1) is 13.4. The first-order valence-corrected chi connectivity index (χ1v) is 10.5. The Morgan fingerprint density at radius 3 is 2.33 bits per heavy atom. The van der Waals surface area contributed by atoms with Crippen LogP contribution < -0.4 is 10.2 Å². The lowest BCUT2D eigenvalue weighted by Crippen LogP contribution is -2.46. The molecule has 1 fully saturated rings. The summed E-state index contributed by atoms with van der Waals surface area (Å²) in [6.45, 7) is 7.13. The van der Waals surface area contributed by atoms with Crippen LogP contribution in [0.15, 0.2) is 65.5 Å². The summed E-state index contributed by atoms with van der Waals surface area (Å²) in [5.41, 5.74) is 7.16. The zero-order chi connectivity index (χ0) is 18.3. The third-order valence-electron chi connectivity index (χ3n) is 5.11. The molecule has 1 aromatic heterocycles. The predicted molar refractivity (Wildman–Crippen MR) is 113 cm³/mol. The molecule has 2 heterocycles. The molecule has 1 aliphatic rings. The van der Waals surface area contributed by atoms with Crippen LogP contribution in [0.1, 0.15) is 16.8 Å². The predicted octanol–water partition coefficient (Wildman–Crippen LogP) is 3.76. The molecule has 0 amide bonds. The summed E-state index contributed by atoms with van der Waals surface area (Å²) in [6, 6.07) is 19.5. The highest BCUT2D eigenvalue weighted by Crippen LogP contribution is 2.18. The van der Waals surface area contributed by atoms with E-state index in [2.05, 4.69) is 80.1 Å². The number of anilines is 1. The Morgan fingerprint density at radius 1 is 0.852 bits per heavy atom. The molecule has 140 valence electrons. The van der Waals surface area contributed by atoms with Crippen molar-refractivity contribution < 1.29 is 0 Å². The largest absolute Gasteiger partial charge is 0.369 e. The van der Waals surface area contributed by atoms with Crippen LogP contribution in [0.3, 0.4) is 0 Å². The van der Waals surface area contributed by atoms with Crippen molar-refractivity contribution in [3.63, 3.8) is 0 Å². The summed E-state index contributed by atoms with van der Waals surface area (Å²) in [6.07, 6.45) is 0. The summed E-state index contributed by atoms with van der Waals surface area (Å²) in [5.74, 6) is 0. The molecule has 1 aliphatic heterocycles. The van der Waals surface area contributed by atoms with Crippen molar-refractivity contribution in [1.82, 2.24) is 15.2 Å². The molecule has 4 nitrogen and oxygen atoms in total. The van der Waals surface area contributed by atoms with Crippen molar-refractivity contribution >= 4 is 17.0 Å². The van der Waals surface area contributed by atoms with Crippen LogP contribution >= 0.6 is 11.3 Å². The van der Waals surface area contributed by atoms with Gasteiger partial charge in [-0.15, -0.1) is 11.3 Å². The SMILES string of the molecule is c1ccc(N2CCN(Cc3ccccc3CNCc3cscn3)CC2)cc1. The van der Waals surface area contributed by atoms with E-state index in [1.54, 1.807) is 11.3 Å². The molecular weight excluding hydrogens is 352 g/mol. The third-order valence-corrected chi connectivity index (χ3v) is 5.75. The zero-order valence-corrected chi connectivity index (χ0v) is 16.4. The number of nitrogens with zero attached hydrogens (tertiary/aromatic N) is 3. The number of nitrogens with one attached hydrogen (secondary N) is 1. The molecule has 0 aliphatic carbocycles. The smallest absolute Gasteiger partial charge is 0.0795 e. The van der Waals surface area contributed by atoms with Gasteiger partial charge < -0.3 is 10.2 Å². The first-order valence-electron chi connectivity index (χ1n) is 9.55. The highest BCUT2D eigenvalue weighted by Gasteiger charge is 2.18. The number of aromatic nitrogens is 1. The Morgan fingerprint density at radius 2 is 1.59 bits per heavy atom. The molecule has 5 heteroatoms. The lowest BCUT2D eigenvalue weighted by atomic mass is 10.1. The molecule has 0 bridgehead atoms. The first kappa shape index (κ1) is 18.2. The molecule has 0 spiro atoms. The van der Waals surface area contributed by atoms with Crippen LogP contribution in [0.5, 0.6) is 0 Å². The maximum atomic E-state index is 4.34. The lowest BCUT2D eigenvalue weighted by molar-refractivity contribution is 0.249. The van der Waals surface area contributed by atoms with Gasteiger partial charge in [-0.05, 0) is 23.3 Å². The number of hydrogen-bond donors (Lipinski definition) is 1. The van der Waals surface area contributed by atoms with Crippen molar-refractivity contribution in [3.8, 4) is 0 Å². The number of benzene rings is 2. The number of para-hydroxylation sites is 1. The highest BCUT2D eigenvalue weighted by atomic mass is 32.1. The van der Waals surface area contributed by atoms with Gasteiger partial charge in [0.2, 0.25) is 0 Å². The molecule has 0 saturated carbocycles. The average Bonchev–Trinajstić information content (AvgIpc) is 3.24. The second-order valence-corrected chi connectivity index (χ2v) is 7.67. The minimum absolute atomic E-state index is 0.827. The van der Waals surface area contributed by atoms with Crippen LogP contribution in [0, 0.1) is 0 Å². The van der Waals surface area contributed by atoms with E-state index in [1.807, 2.05) is 5.51 Å². The van der Waals surface area contributed by atoms with Crippen molar-refractivity contribution in [3.05, 3.63) is 82.3 Å². The van der Waals surface area contributed by atoms with Gasteiger partial charge in [-0.1, -0.05) is 42.5 Å². The number of hydrogen-bond acceptors (Lipinski definition) is 5. The fourth-order valence-electron chi connectivity index (χ4n) is 3.58. The fourth-order valence-corrected chi connectivity index (χ4v) is 4.14. The number of thiazole rings is 1. The normalized spacial score (nSPS) is 15.2. The summed E-state index contributed by atoms with van der Waals surface area (Å²) in [4.78, 5) is 9.39. The minimum atomic E-state index is 0.827. The van der Waals surface area contributed by atoms with Gasteiger partial charge in [-0.25, -0.2) is 4.98 Å². The Hall–Kier alpha value is -2.21. The van der Waals surface area contributed by atoms with E-state index in [4.69, 9.17) is 0 Å². The Bertz CT molecular complexity index is 811. The van der Waals surface area contributed by atoms with Gasteiger partial charge >= 0.3 is 0 Å². The molecule has 3 aromatic rings. The second kappa shape index (κ2) is 9.13. The van der Waals surface area contributed by atoms with Crippen molar-refractivity contribution in [2.24, 2.45) is 0 Å². The van der Waals surface area contributed by atoms with E-state index in [1.165, 1.54) is 16.8 Å². The van der Waals surface area contributed by atoms with Crippen LogP contribution in [-0.4, -0.2) is 36.1 Å². The Kier molecular flexibility index (Phi) is 6.14. The van der Waals surface area contributed by atoms with Crippen LogP contribution in [0.25, 0.3) is 0 Å². The second-order valence-electron chi connectivity index (χ2n) is 6.95. The van der Waals surface area contributed by atoms with Gasteiger partial charge in [0.25, 0.3) is 0 Å². The van der Waals surface area contributed by atoms with Gasteiger partial charge in [-0.2, -0.15) is 0 Å². The maximum absolute atomic E-state index is 4.34. The molecule has 1 saturated heterocycles. The molecule has 27 heavy (non-hydrogen) atoms. The average molecular weight is 379 g/mol. The van der Waals surface area contributed by atoms with E-state index < -0.39 is 0 Å². The summed E-state index contributed by atoms with van der Waals surface area (Å²) >= 11 is 1.65. The monoisotopic (exact) mass is 378 g/mol. The summed E-state index contributed by atoms with van der Waals surface area (Å²) in [7, 11) is 0. The van der Waals surface area contributed by atoms with Crippen LogP contribution in [0.4, 0.5) is 5.69 Å². The van der Waals surface area contributed by atoms with Crippen LogP contribution in [0.2, 0.25) is 0 Å².